The Morgan fingerprint density at radius 1 is 1.39 bits per heavy atom. The summed E-state index contributed by atoms with van der Waals surface area (Å²) < 4.78 is 112. The van der Waals surface area contributed by atoms with Crippen LogP contribution in [0.1, 0.15) is 12.6 Å². The second-order valence-electron chi connectivity index (χ2n) is 6.66. The van der Waals surface area contributed by atoms with Crippen molar-refractivity contribution in [1.29, 1.82) is 0 Å². The zero-order chi connectivity index (χ0) is 24.0. The van der Waals surface area contributed by atoms with Gasteiger partial charge in [0, 0.05) is 7.05 Å². The first-order chi connectivity index (χ1) is 13.8. The van der Waals surface area contributed by atoms with E-state index in [0.717, 1.165) is 20.0 Å². The van der Waals surface area contributed by atoms with E-state index in [1.54, 1.807) is 0 Å². The van der Waals surface area contributed by atoms with Crippen LogP contribution in [0.3, 0.4) is 0 Å². The number of alkyl halides is 6. The van der Waals surface area contributed by atoms with Crippen LogP contribution >= 0.6 is 15.9 Å². The maximum atomic E-state index is 14.5. The molecular weight excluding hydrogens is 531 g/mol. The number of esters is 1. The number of ether oxygens (including phenoxy) is 1. The summed E-state index contributed by atoms with van der Waals surface area (Å²) in [7, 11) is -3.56. The third-order valence-electron chi connectivity index (χ3n) is 4.09. The quantitative estimate of drug-likeness (QED) is 0.261. The maximum Gasteiger partial charge on any atom is 0.491 e. The van der Waals surface area contributed by atoms with Crippen LogP contribution in [-0.4, -0.2) is 57.1 Å². The first-order valence-corrected chi connectivity index (χ1v) is 10.5. The van der Waals surface area contributed by atoms with Gasteiger partial charge in [-0.1, -0.05) is 0 Å². The van der Waals surface area contributed by atoms with Crippen LogP contribution < -0.4 is 11.1 Å². The second kappa shape index (κ2) is 8.09. The molecule has 2 rings (SSSR count). The van der Waals surface area contributed by atoms with Gasteiger partial charge in [0.15, 0.2) is 0 Å². The minimum atomic E-state index is -5.55. The summed E-state index contributed by atoms with van der Waals surface area (Å²) >= 11 is 2.95. The number of rotatable bonds is 3. The highest BCUT2D eigenvalue weighted by Crippen LogP contribution is 2.36. The van der Waals surface area contributed by atoms with Crippen molar-refractivity contribution in [3.05, 3.63) is 28.2 Å². The summed E-state index contributed by atoms with van der Waals surface area (Å²) in [4.78, 5) is 15.2. The average Bonchev–Trinajstić information content (AvgIpc) is 2.58. The van der Waals surface area contributed by atoms with Gasteiger partial charge in [0.05, 0.1) is 17.0 Å². The fraction of sp³-hybridized carbons (Fsp3) is 0.571. The number of hydrogen-bond donors (Lipinski definition) is 2. The molecule has 1 fully saturated rings. The molecule has 3 N–H and O–H groups in total. The first-order valence-electron chi connectivity index (χ1n) is 8.04. The smallest absolute Gasteiger partial charge is 0.408 e. The van der Waals surface area contributed by atoms with Crippen molar-refractivity contribution in [3.63, 3.8) is 0 Å². The number of nitrogens with zero attached hydrogens (tertiary/aromatic N) is 3. The molecule has 1 aliphatic heterocycles. The zero-order valence-electron chi connectivity index (χ0n) is 15.6. The molecular formula is C14H15BrF7N5O3S. The summed E-state index contributed by atoms with van der Waals surface area (Å²) in [6, 6.07) is 2.06. The van der Waals surface area contributed by atoms with Gasteiger partial charge in [0.25, 0.3) is 5.97 Å². The van der Waals surface area contributed by atoms with E-state index >= 15 is 0 Å². The van der Waals surface area contributed by atoms with E-state index in [1.807, 2.05) is 0 Å². The Morgan fingerprint density at radius 2 is 1.97 bits per heavy atom. The Morgan fingerprint density at radius 3 is 2.48 bits per heavy atom. The molecule has 17 heteroatoms. The highest BCUT2D eigenvalue weighted by Gasteiger charge is 2.57. The second-order valence-corrected chi connectivity index (χ2v) is 9.78. The van der Waals surface area contributed by atoms with E-state index in [-0.39, 0.29) is 8.91 Å². The van der Waals surface area contributed by atoms with Gasteiger partial charge in [0.1, 0.15) is 26.9 Å². The lowest BCUT2D eigenvalue weighted by atomic mass is 9.98. The SMILES string of the molecule is CN1C(N)(OC(=O)C(F)(F)F)N[C@](C)(c2nc(Br)ccc2F)C[S@]1(=O)=NCC(F)(F)F. The number of hydrogen-bond acceptors (Lipinski definition) is 7. The molecule has 0 spiro atoms. The average molecular weight is 546 g/mol. The Labute approximate surface area is 179 Å². The van der Waals surface area contributed by atoms with Crippen LogP contribution in [0, 0.1) is 5.82 Å². The predicted molar refractivity (Wildman–Crippen MR) is 95.6 cm³/mol. The molecule has 0 radical (unpaired) electrons. The van der Waals surface area contributed by atoms with Gasteiger partial charge in [-0.15, -0.1) is 0 Å². The molecule has 8 nitrogen and oxygen atoms in total. The molecule has 0 amide bonds. The minimum absolute atomic E-state index is 0.0412. The van der Waals surface area contributed by atoms with Gasteiger partial charge in [-0.3, -0.25) is 5.73 Å². The third kappa shape index (κ3) is 5.63. The summed E-state index contributed by atoms with van der Waals surface area (Å²) in [6.45, 7) is -0.895. The molecule has 1 saturated heterocycles. The monoisotopic (exact) mass is 545 g/mol. The van der Waals surface area contributed by atoms with Gasteiger partial charge in [0.2, 0.25) is 0 Å². The lowest BCUT2D eigenvalue weighted by Gasteiger charge is -2.49. The molecule has 1 aromatic heterocycles. The standard InChI is InChI=1S/C14H15BrF7N5O3S/c1-11(9-7(16)3-4-8(15)25-9)6-31(29,24-5-12(17,18)19)27(2)14(23,26-11)30-10(28)13(20,21)22/h3-4,26H,5-6,23H2,1-2H3/t11-,14?,31-/m0/s1. The van der Waals surface area contributed by atoms with Gasteiger partial charge in [-0.25, -0.2) is 28.1 Å². The van der Waals surface area contributed by atoms with Crippen LogP contribution in [0.4, 0.5) is 30.7 Å². The summed E-state index contributed by atoms with van der Waals surface area (Å²) in [5.74, 6) is -7.87. The van der Waals surface area contributed by atoms with Crippen molar-refractivity contribution in [3.8, 4) is 0 Å². The van der Waals surface area contributed by atoms with Gasteiger partial charge in [-0.2, -0.15) is 30.6 Å². The van der Waals surface area contributed by atoms with Crippen LogP contribution in [0.15, 0.2) is 21.1 Å². The van der Waals surface area contributed by atoms with E-state index in [9.17, 15) is 39.7 Å². The highest BCUT2D eigenvalue weighted by molar-refractivity contribution is 9.10. The molecule has 0 aliphatic carbocycles. The van der Waals surface area contributed by atoms with E-state index in [2.05, 4.69) is 35.3 Å². The topological polar surface area (TPSA) is 110 Å². The molecule has 3 atom stereocenters. The molecule has 1 aliphatic rings. The van der Waals surface area contributed by atoms with Crippen molar-refractivity contribution in [1.82, 2.24) is 14.6 Å². The van der Waals surface area contributed by atoms with Crippen LogP contribution in [0.5, 0.6) is 0 Å². The number of aromatic nitrogens is 1. The first kappa shape index (κ1) is 25.7. The molecule has 31 heavy (non-hydrogen) atoms. The van der Waals surface area contributed by atoms with Crippen molar-refractivity contribution in [2.24, 2.45) is 10.1 Å². The van der Waals surface area contributed by atoms with Gasteiger partial charge in [-0.05, 0) is 35.0 Å². The van der Waals surface area contributed by atoms with Gasteiger partial charge >= 0.3 is 18.3 Å². The number of halogens is 8. The Hall–Kier alpha value is -1.56. The summed E-state index contributed by atoms with van der Waals surface area (Å²) in [5, 5.41) is 2.21. The molecule has 0 aromatic carbocycles. The lowest BCUT2D eigenvalue weighted by Crippen LogP contribution is -2.77. The summed E-state index contributed by atoms with van der Waals surface area (Å²) in [6.07, 6.45) is -10.5. The Balaban J connectivity index is 2.68. The Kier molecular flexibility index (Phi) is 6.71. The van der Waals surface area contributed by atoms with Crippen LogP contribution in [0.2, 0.25) is 0 Å². The van der Waals surface area contributed by atoms with E-state index in [1.165, 1.54) is 6.07 Å². The van der Waals surface area contributed by atoms with Crippen molar-refractivity contribution >= 4 is 31.8 Å². The number of nitrogens with two attached hydrogens (primary N) is 1. The number of pyridine rings is 1. The molecule has 176 valence electrons. The van der Waals surface area contributed by atoms with Crippen LogP contribution in [-0.2, 0) is 25.0 Å². The van der Waals surface area contributed by atoms with E-state index < -0.39 is 63.6 Å². The number of nitrogens with one attached hydrogen (secondary N) is 1. The number of carbonyl (C=O) groups is 1. The minimum Gasteiger partial charge on any atom is -0.408 e. The Bertz CT molecular complexity index is 997. The van der Waals surface area contributed by atoms with E-state index in [0.29, 0.717) is 0 Å². The molecule has 2 heterocycles. The van der Waals surface area contributed by atoms with Crippen molar-refractivity contribution in [2.45, 2.75) is 30.8 Å². The summed E-state index contributed by atoms with van der Waals surface area (Å²) in [5.41, 5.74) is 3.06. The normalized spacial score (nSPS) is 30.2. The molecule has 1 aromatic rings. The fourth-order valence-electron chi connectivity index (χ4n) is 2.72. The van der Waals surface area contributed by atoms with Crippen LogP contribution in [0.25, 0.3) is 0 Å². The zero-order valence-corrected chi connectivity index (χ0v) is 18.0. The largest absolute Gasteiger partial charge is 0.491 e. The number of carbonyl (C=O) groups excluding carboxylic acids is 1. The lowest BCUT2D eigenvalue weighted by molar-refractivity contribution is -0.232. The van der Waals surface area contributed by atoms with Crippen molar-refractivity contribution < 1.29 is 44.5 Å². The molecule has 0 saturated carbocycles. The highest BCUT2D eigenvalue weighted by atomic mass is 79.9. The maximum absolute atomic E-state index is 14.5. The molecule has 1 unspecified atom stereocenters. The van der Waals surface area contributed by atoms with Gasteiger partial charge < -0.3 is 4.74 Å². The van der Waals surface area contributed by atoms with E-state index in [4.69, 9.17) is 5.73 Å². The van der Waals surface area contributed by atoms with Crippen molar-refractivity contribution in [2.75, 3.05) is 19.3 Å². The molecule has 0 bridgehead atoms. The third-order valence-corrected chi connectivity index (χ3v) is 7.14. The predicted octanol–water partition coefficient (Wildman–Crippen LogP) is 2.35. The fourth-order valence-corrected chi connectivity index (χ4v) is 5.31.